The highest BCUT2D eigenvalue weighted by molar-refractivity contribution is 5.38. The Bertz CT molecular complexity index is 148. The highest BCUT2D eigenvalue weighted by Crippen LogP contribution is 2.49. The fourth-order valence-corrected chi connectivity index (χ4v) is 0.536. The van der Waals surface area contributed by atoms with Crippen molar-refractivity contribution in [2.75, 3.05) is 0 Å². The standard InChI is InChI=1S/C7H8/c1-4-7(3)5-6(7)2/h1H,2,5H2,3H3. The first-order valence-electron chi connectivity index (χ1n) is 2.35. The predicted molar refractivity (Wildman–Crippen MR) is 30.7 cm³/mol. The lowest BCUT2D eigenvalue weighted by atomic mass is 10.1. The summed E-state index contributed by atoms with van der Waals surface area (Å²) in [6.07, 6.45) is 6.18. The number of rotatable bonds is 0. The fourth-order valence-electron chi connectivity index (χ4n) is 0.536. The molecule has 0 bridgehead atoms. The topological polar surface area (TPSA) is 0 Å². The van der Waals surface area contributed by atoms with Gasteiger partial charge in [-0.1, -0.05) is 18.1 Å². The van der Waals surface area contributed by atoms with E-state index in [1.807, 2.05) is 6.92 Å². The average molecular weight is 92.1 g/mol. The van der Waals surface area contributed by atoms with Gasteiger partial charge in [-0.15, -0.1) is 6.42 Å². The normalized spacial score (nSPS) is 37.4. The molecule has 0 saturated heterocycles. The lowest BCUT2D eigenvalue weighted by Crippen LogP contribution is -1.82. The van der Waals surface area contributed by atoms with E-state index in [2.05, 4.69) is 12.5 Å². The largest absolute Gasteiger partial charge is 0.119 e. The Hall–Kier alpha value is -0.700. The van der Waals surface area contributed by atoms with E-state index in [0.29, 0.717) is 0 Å². The van der Waals surface area contributed by atoms with Crippen LogP contribution in [0.5, 0.6) is 0 Å². The first kappa shape index (κ1) is 4.46. The van der Waals surface area contributed by atoms with Crippen LogP contribution in [0.15, 0.2) is 12.2 Å². The van der Waals surface area contributed by atoms with Gasteiger partial charge in [-0.2, -0.15) is 0 Å². The molecule has 0 amide bonds. The Morgan fingerprint density at radius 3 is 2.43 bits per heavy atom. The van der Waals surface area contributed by atoms with Crippen molar-refractivity contribution in [1.29, 1.82) is 0 Å². The first-order valence-corrected chi connectivity index (χ1v) is 2.35. The Balaban J connectivity index is 2.75. The van der Waals surface area contributed by atoms with Gasteiger partial charge >= 0.3 is 0 Å². The summed E-state index contributed by atoms with van der Waals surface area (Å²) in [4.78, 5) is 0. The van der Waals surface area contributed by atoms with Crippen LogP contribution in [-0.4, -0.2) is 0 Å². The third kappa shape index (κ3) is 0.452. The van der Waals surface area contributed by atoms with E-state index in [4.69, 9.17) is 6.42 Å². The Kier molecular flexibility index (Phi) is 0.588. The molecule has 36 valence electrons. The van der Waals surface area contributed by atoms with Crippen molar-refractivity contribution in [3.05, 3.63) is 12.2 Å². The monoisotopic (exact) mass is 92.1 g/mol. The average Bonchev–Trinajstić information content (AvgIpc) is 2.18. The lowest BCUT2D eigenvalue weighted by molar-refractivity contribution is 0.821. The molecule has 1 aliphatic carbocycles. The second kappa shape index (κ2) is 0.924. The molecule has 0 nitrogen and oxygen atoms in total. The summed E-state index contributed by atoms with van der Waals surface area (Å²) in [5.41, 5.74) is 1.29. The van der Waals surface area contributed by atoms with Crippen LogP contribution in [0.25, 0.3) is 0 Å². The van der Waals surface area contributed by atoms with E-state index in [0.717, 1.165) is 6.42 Å². The molecule has 1 unspecified atom stereocenters. The van der Waals surface area contributed by atoms with E-state index >= 15 is 0 Å². The molecule has 0 N–H and O–H groups in total. The summed E-state index contributed by atoms with van der Waals surface area (Å²) in [6, 6.07) is 0. The zero-order chi connectivity index (χ0) is 5.49. The minimum atomic E-state index is 0.0833. The third-order valence-corrected chi connectivity index (χ3v) is 1.54. The van der Waals surface area contributed by atoms with Gasteiger partial charge < -0.3 is 0 Å². The van der Waals surface area contributed by atoms with Gasteiger partial charge in [0.1, 0.15) is 0 Å². The Morgan fingerprint density at radius 2 is 2.43 bits per heavy atom. The number of hydrogen-bond acceptors (Lipinski definition) is 0. The van der Waals surface area contributed by atoms with Crippen molar-refractivity contribution < 1.29 is 0 Å². The summed E-state index contributed by atoms with van der Waals surface area (Å²) >= 11 is 0. The maximum absolute atomic E-state index is 5.15. The zero-order valence-corrected chi connectivity index (χ0v) is 4.49. The highest BCUT2D eigenvalue weighted by Gasteiger charge is 2.40. The van der Waals surface area contributed by atoms with Gasteiger partial charge in [0.15, 0.2) is 0 Å². The second-order valence-electron chi connectivity index (χ2n) is 2.26. The van der Waals surface area contributed by atoms with Gasteiger partial charge in [0.2, 0.25) is 0 Å². The van der Waals surface area contributed by atoms with Crippen LogP contribution in [-0.2, 0) is 0 Å². The lowest BCUT2D eigenvalue weighted by Gasteiger charge is -1.87. The van der Waals surface area contributed by atoms with Gasteiger partial charge in [0.25, 0.3) is 0 Å². The molecule has 0 radical (unpaired) electrons. The summed E-state index contributed by atoms with van der Waals surface area (Å²) < 4.78 is 0. The van der Waals surface area contributed by atoms with Crippen LogP contribution in [0.3, 0.4) is 0 Å². The van der Waals surface area contributed by atoms with Gasteiger partial charge in [-0.05, 0) is 13.3 Å². The number of allylic oxidation sites excluding steroid dienone is 1. The zero-order valence-electron chi connectivity index (χ0n) is 4.49. The quantitative estimate of drug-likeness (QED) is 0.314. The van der Waals surface area contributed by atoms with Crippen LogP contribution < -0.4 is 0 Å². The van der Waals surface area contributed by atoms with Crippen LogP contribution in [0.2, 0.25) is 0 Å². The molecule has 0 aliphatic heterocycles. The third-order valence-electron chi connectivity index (χ3n) is 1.54. The molecule has 0 aromatic carbocycles. The van der Waals surface area contributed by atoms with Gasteiger partial charge in [-0.25, -0.2) is 0 Å². The summed E-state index contributed by atoms with van der Waals surface area (Å²) in [5.74, 6) is 2.67. The minimum absolute atomic E-state index is 0.0833. The molecule has 0 aromatic heterocycles. The van der Waals surface area contributed by atoms with Gasteiger partial charge in [0, 0.05) is 0 Å². The van der Waals surface area contributed by atoms with Crippen LogP contribution >= 0.6 is 0 Å². The summed E-state index contributed by atoms with van der Waals surface area (Å²) in [6.45, 7) is 5.79. The molecule has 7 heavy (non-hydrogen) atoms. The van der Waals surface area contributed by atoms with Crippen molar-refractivity contribution in [2.24, 2.45) is 5.41 Å². The maximum Gasteiger partial charge on any atom is 0.0527 e. The second-order valence-corrected chi connectivity index (χ2v) is 2.26. The molecule has 1 fully saturated rings. The van der Waals surface area contributed by atoms with E-state index in [-0.39, 0.29) is 5.41 Å². The Morgan fingerprint density at radius 1 is 2.00 bits per heavy atom. The molecule has 1 aliphatic rings. The van der Waals surface area contributed by atoms with E-state index in [9.17, 15) is 0 Å². The van der Waals surface area contributed by atoms with Crippen LogP contribution in [0, 0.1) is 17.8 Å². The van der Waals surface area contributed by atoms with Crippen molar-refractivity contribution in [2.45, 2.75) is 13.3 Å². The van der Waals surface area contributed by atoms with Crippen molar-refractivity contribution in [1.82, 2.24) is 0 Å². The van der Waals surface area contributed by atoms with Gasteiger partial charge in [-0.3, -0.25) is 0 Å². The van der Waals surface area contributed by atoms with Crippen molar-refractivity contribution in [3.63, 3.8) is 0 Å². The molecule has 1 rings (SSSR count). The molecule has 1 atom stereocenters. The number of terminal acetylenes is 1. The van der Waals surface area contributed by atoms with E-state index in [1.165, 1.54) is 5.57 Å². The molecule has 0 aromatic rings. The molecule has 0 heterocycles. The maximum atomic E-state index is 5.15. The predicted octanol–water partition coefficient (Wildman–Crippen LogP) is 1.59. The summed E-state index contributed by atoms with van der Waals surface area (Å²) in [5, 5.41) is 0. The minimum Gasteiger partial charge on any atom is -0.119 e. The smallest absolute Gasteiger partial charge is 0.0527 e. The fraction of sp³-hybridized carbons (Fsp3) is 0.429. The van der Waals surface area contributed by atoms with Crippen molar-refractivity contribution >= 4 is 0 Å². The molecular formula is C7H8. The van der Waals surface area contributed by atoms with Crippen LogP contribution in [0.4, 0.5) is 0 Å². The Labute approximate surface area is 44.2 Å². The van der Waals surface area contributed by atoms with E-state index in [1.54, 1.807) is 0 Å². The highest BCUT2D eigenvalue weighted by atomic mass is 14.4. The van der Waals surface area contributed by atoms with Gasteiger partial charge in [0.05, 0.1) is 5.41 Å². The van der Waals surface area contributed by atoms with E-state index < -0.39 is 0 Å². The SMILES string of the molecule is C#CC1(C)CC1=C. The molecule has 1 saturated carbocycles. The van der Waals surface area contributed by atoms with Crippen LogP contribution in [0.1, 0.15) is 13.3 Å². The molecular weight excluding hydrogens is 84.1 g/mol. The molecule has 0 spiro atoms. The number of hydrogen-bond donors (Lipinski definition) is 0. The van der Waals surface area contributed by atoms with Crippen molar-refractivity contribution in [3.8, 4) is 12.3 Å². The summed E-state index contributed by atoms with van der Waals surface area (Å²) in [7, 11) is 0. The first-order chi connectivity index (χ1) is 3.19. The molecule has 0 heteroatoms.